The Balaban J connectivity index is 2.24. The highest BCUT2D eigenvalue weighted by Gasteiger charge is 2.22. The van der Waals surface area contributed by atoms with Gasteiger partial charge in [0.2, 0.25) is 0 Å². The smallest absolute Gasteiger partial charge is 0.365 e. The minimum Gasteiger partial charge on any atom is -0.506 e. The highest BCUT2D eigenvalue weighted by molar-refractivity contribution is 9.11. The molecule has 4 nitrogen and oxygen atoms in total. The predicted octanol–water partition coefficient (Wildman–Crippen LogP) is 6.65. The third-order valence-corrected chi connectivity index (χ3v) is 5.94. The second-order valence-corrected chi connectivity index (χ2v) is 8.40. The molecule has 4 aromatic carbocycles. The summed E-state index contributed by atoms with van der Waals surface area (Å²) in [6.07, 6.45) is 0. The van der Waals surface area contributed by atoms with Gasteiger partial charge in [0.25, 0.3) is 0 Å². The molecule has 0 bridgehead atoms. The molecule has 0 aromatic heterocycles. The van der Waals surface area contributed by atoms with E-state index < -0.39 is 8.25 Å². The van der Waals surface area contributed by atoms with Gasteiger partial charge in [0.05, 0.1) is 8.95 Å². The topological polar surface area (TPSA) is 66.8 Å². The first-order chi connectivity index (χ1) is 13.0. The molecule has 27 heavy (non-hydrogen) atoms. The van der Waals surface area contributed by atoms with Gasteiger partial charge in [-0.1, -0.05) is 48.5 Å². The lowest BCUT2D eigenvalue weighted by Gasteiger charge is -2.18. The predicted molar refractivity (Wildman–Crippen MR) is 116 cm³/mol. The Labute approximate surface area is 172 Å². The maximum atomic E-state index is 11.5. The molecule has 0 amide bonds. The summed E-state index contributed by atoms with van der Waals surface area (Å²) in [5, 5.41) is 14.4. The van der Waals surface area contributed by atoms with Crippen LogP contribution >= 0.6 is 40.1 Å². The molecule has 0 spiro atoms. The lowest BCUT2D eigenvalue weighted by atomic mass is 9.92. The summed E-state index contributed by atoms with van der Waals surface area (Å²) in [4.78, 5) is 9.44. The number of rotatable bonds is 3. The highest BCUT2D eigenvalue weighted by atomic mass is 79.9. The average molecular weight is 508 g/mol. The molecule has 1 unspecified atom stereocenters. The maximum Gasteiger partial charge on any atom is 0.365 e. The van der Waals surface area contributed by atoms with E-state index >= 15 is 0 Å². The molecular weight excluding hydrogens is 495 g/mol. The van der Waals surface area contributed by atoms with Crippen molar-refractivity contribution in [1.82, 2.24) is 0 Å². The molecule has 0 radical (unpaired) electrons. The fraction of sp³-hybridized carbons (Fsp3) is 0. The number of fused-ring (bicyclic) bond motifs is 2. The largest absolute Gasteiger partial charge is 0.506 e. The van der Waals surface area contributed by atoms with Crippen LogP contribution in [0, 0.1) is 0 Å². The summed E-state index contributed by atoms with van der Waals surface area (Å²) >= 11 is 6.86. The number of hydrogen-bond acceptors (Lipinski definition) is 3. The van der Waals surface area contributed by atoms with Gasteiger partial charge in [0, 0.05) is 11.1 Å². The Morgan fingerprint density at radius 1 is 0.815 bits per heavy atom. The number of halogens is 2. The molecule has 0 saturated carbocycles. The molecule has 0 aliphatic heterocycles. The summed E-state index contributed by atoms with van der Waals surface area (Å²) in [7, 11) is -3.25. The highest BCUT2D eigenvalue weighted by Crippen LogP contribution is 2.51. The molecule has 1 atom stereocenters. The van der Waals surface area contributed by atoms with Crippen LogP contribution in [0.5, 0.6) is 11.5 Å². The van der Waals surface area contributed by atoms with Crippen LogP contribution in [-0.2, 0) is 4.57 Å². The number of phenolic OH excluding ortho intramolecular Hbond substituents is 1. The second kappa shape index (κ2) is 7.28. The van der Waals surface area contributed by atoms with Gasteiger partial charge in [0.1, 0.15) is 5.75 Å². The van der Waals surface area contributed by atoms with E-state index in [9.17, 15) is 14.6 Å². The fourth-order valence-electron chi connectivity index (χ4n) is 3.29. The van der Waals surface area contributed by atoms with Crippen molar-refractivity contribution < 1.29 is 19.1 Å². The van der Waals surface area contributed by atoms with Crippen LogP contribution in [0.1, 0.15) is 0 Å². The summed E-state index contributed by atoms with van der Waals surface area (Å²) in [5.74, 6) is 0.262. The Kier molecular flexibility index (Phi) is 4.99. The van der Waals surface area contributed by atoms with E-state index in [1.165, 1.54) is 0 Å². The lowest BCUT2D eigenvalue weighted by Crippen LogP contribution is -1.93. The fourth-order valence-corrected chi connectivity index (χ4v) is 4.79. The van der Waals surface area contributed by atoms with Gasteiger partial charge in [-0.3, -0.25) is 0 Å². The van der Waals surface area contributed by atoms with E-state index in [1.54, 1.807) is 0 Å². The van der Waals surface area contributed by atoms with Gasteiger partial charge >= 0.3 is 8.25 Å². The van der Waals surface area contributed by atoms with E-state index in [0.717, 1.165) is 21.5 Å². The molecule has 0 saturated heterocycles. The molecule has 0 aliphatic rings. The first-order valence-corrected chi connectivity index (χ1v) is 10.8. The standard InChI is InChI=1S/C20H13Br2O4P/c21-15-9-11-5-1-3-7-13(11)17(19(15)23)18-14-8-4-2-6-12(14)10-16(22)20(18)26-27(24)25/h1-10,23,27H,(H,24,25). The van der Waals surface area contributed by atoms with Crippen molar-refractivity contribution in [1.29, 1.82) is 0 Å². The Bertz CT molecular complexity index is 1220. The van der Waals surface area contributed by atoms with Crippen LogP contribution in [0.4, 0.5) is 0 Å². The molecular formula is C20H13Br2O4P. The van der Waals surface area contributed by atoms with Crippen LogP contribution in [0.15, 0.2) is 69.6 Å². The van der Waals surface area contributed by atoms with Crippen molar-refractivity contribution in [2.75, 3.05) is 0 Å². The second-order valence-electron chi connectivity index (χ2n) is 5.95. The molecule has 0 heterocycles. The first-order valence-electron chi connectivity index (χ1n) is 8.00. The van der Waals surface area contributed by atoms with Crippen LogP contribution in [0.2, 0.25) is 0 Å². The quantitative estimate of drug-likeness (QED) is 0.304. The lowest BCUT2D eigenvalue weighted by molar-refractivity contribution is 0.410. The van der Waals surface area contributed by atoms with Gasteiger partial charge in [-0.05, 0) is 65.5 Å². The summed E-state index contributed by atoms with van der Waals surface area (Å²) in [5.41, 5.74) is 1.10. The third-order valence-electron chi connectivity index (χ3n) is 4.37. The van der Waals surface area contributed by atoms with E-state index in [0.29, 0.717) is 20.1 Å². The van der Waals surface area contributed by atoms with Gasteiger partial charge < -0.3 is 14.5 Å². The van der Waals surface area contributed by atoms with Gasteiger partial charge in [-0.15, -0.1) is 0 Å². The van der Waals surface area contributed by atoms with E-state index in [2.05, 4.69) is 31.9 Å². The van der Waals surface area contributed by atoms with Crippen LogP contribution < -0.4 is 4.52 Å². The first kappa shape index (κ1) is 18.5. The number of hydrogen-bond donors (Lipinski definition) is 2. The zero-order valence-electron chi connectivity index (χ0n) is 13.7. The molecule has 4 rings (SSSR count). The average Bonchev–Trinajstić information content (AvgIpc) is 2.64. The SMILES string of the molecule is O=[PH](O)Oc1c(Br)cc2ccccc2c1-c1c(O)c(Br)cc2ccccc12. The number of aromatic hydroxyl groups is 1. The summed E-state index contributed by atoms with van der Waals surface area (Å²) < 4.78 is 17.9. The Morgan fingerprint density at radius 2 is 1.33 bits per heavy atom. The minimum atomic E-state index is -3.25. The molecule has 0 fully saturated rings. The molecule has 2 N–H and O–H groups in total. The van der Waals surface area contributed by atoms with Gasteiger partial charge in [0.15, 0.2) is 5.75 Å². The van der Waals surface area contributed by atoms with Crippen LogP contribution in [0.25, 0.3) is 32.7 Å². The van der Waals surface area contributed by atoms with Crippen molar-refractivity contribution in [3.8, 4) is 22.6 Å². The zero-order valence-corrected chi connectivity index (χ0v) is 17.9. The monoisotopic (exact) mass is 506 g/mol. The third kappa shape index (κ3) is 3.27. The molecule has 136 valence electrons. The van der Waals surface area contributed by atoms with Crippen molar-refractivity contribution in [2.24, 2.45) is 0 Å². The van der Waals surface area contributed by atoms with Crippen molar-refractivity contribution in [2.45, 2.75) is 0 Å². The molecule has 7 heteroatoms. The summed E-state index contributed by atoms with van der Waals surface area (Å²) in [6, 6.07) is 18.9. The van der Waals surface area contributed by atoms with E-state index in [1.807, 2.05) is 60.7 Å². The number of benzene rings is 4. The summed E-state index contributed by atoms with van der Waals surface area (Å²) in [6.45, 7) is 0. The van der Waals surface area contributed by atoms with Crippen molar-refractivity contribution >= 4 is 61.7 Å². The van der Waals surface area contributed by atoms with E-state index in [-0.39, 0.29) is 11.5 Å². The van der Waals surface area contributed by atoms with E-state index in [4.69, 9.17) is 4.52 Å². The molecule has 4 aromatic rings. The molecule has 0 aliphatic carbocycles. The van der Waals surface area contributed by atoms with Crippen molar-refractivity contribution in [3.05, 3.63) is 69.6 Å². The van der Waals surface area contributed by atoms with Gasteiger partial charge in [-0.2, -0.15) is 0 Å². The maximum absolute atomic E-state index is 11.5. The zero-order chi connectivity index (χ0) is 19.1. The van der Waals surface area contributed by atoms with Gasteiger partial charge in [-0.25, -0.2) is 4.57 Å². The normalized spacial score (nSPS) is 12.4. The van der Waals surface area contributed by atoms with Crippen molar-refractivity contribution in [3.63, 3.8) is 0 Å². The van der Waals surface area contributed by atoms with Crippen LogP contribution in [0.3, 0.4) is 0 Å². The number of phenols is 1. The Morgan fingerprint density at radius 3 is 1.93 bits per heavy atom. The van der Waals surface area contributed by atoms with Crippen LogP contribution in [-0.4, -0.2) is 10.00 Å². The Hall–Kier alpha value is -1.85. The minimum absolute atomic E-state index is 0.0411.